The number of sulfonamides is 1. The minimum absolute atomic E-state index is 0.0630. The Labute approximate surface area is 142 Å². The molecular formula is C18H20N2O3S. The highest BCUT2D eigenvalue weighted by atomic mass is 32.2. The van der Waals surface area contributed by atoms with Crippen molar-refractivity contribution in [3.05, 3.63) is 59.7 Å². The van der Waals surface area contributed by atoms with Gasteiger partial charge in [-0.2, -0.15) is 0 Å². The van der Waals surface area contributed by atoms with E-state index in [0.717, 1.165) is 18.4 Å². The summed E-state index contributed by atoms with van der Waals surface area (Å²) in [6.07, 6.45) is 3.00. The molecule has 0 atom stereocenters. The first kappa shape index (κ1) is 16.5. The molecule has 2 aromatic rings. The summed E-state index contributed by atoms with van der Waals surface area (Å²) < 4.78 is 25.3. The molecule has 1 aliphatic rings. The number of anilines is 2. The first-order valence-corrected chi connectivity index (χ1v) is 9.67. The summed E-state index contributed by atoms with van der Waals surface area (Å²) in [6, 6.07) is 14.3. The first-order valence-electron chi connectivity index (χ1n) is 7.82. The van der Waals surface area contributed by atoms with E-state index in [1.54, 1.807) is 36.4 Å². The van der Waals surface area contributed by atoms with Crippen molar-refractivity contribution in [2.75, 3.05) is 15.9 Å². The molecule has 1 saturated carbocycles. The summed E-state index contributed by atoms with van der Waals surface area (Å²) in [6.45, 7) is 1.97. The second kappa shape index (κ2) is 6.28. The molecule has 1 fully saturated rings. The third-order valence-corrected chi connectivity index (χ3v) is 5.15. The number of benzene rings is 2. The monoisotopic (exact) mass is 344 g/mol. The van der Waals surface area contributed by atoms with E-state index < -0.39 is 10.0 Å². The highest BCUT2D eigenvalue weighted by molar-refractivity contribution is 7.92. The quantitative estimate of drug-likeness (QED) is 0.906. The van der Waals surface area contributed by atoms with Gasteiger partial charge in [-0.3, -0.25) is 9.10 Å². The number of nitrogens with zero attached hydrogens (tertiary/aromatic N) is 1. The molecule has 0 aromatic heterocycles. The molecule has 3 rings (SSSR count). The molecule has 6 heteroatoms. The van der Waals surface area contributed by atoms with Crippen molar-refractivity contribution in [3.8, 4) is 0 Å². The molecule has 0 radical (unpaired) electrons. The van der Waals surface area contributed by atoms with E-state index in [2.05, 4.69) is 5.32 Å². The van der Waals surface area contributed by atoms with Gasteiger partial charge in [0.25, 0.3) is 5.91 Å². The Hall–Kier alpha value is -2.34. The number of rotatable bonds is 5. The lowest BCUT2D eigenvalue weighted by Gasteiger charge is -2.22. The van der Waals surface area contributed by atoms with Crippen LogP contribution in [0.5, 0.6) is 0 Å². The lowest BCUT2D eigenvalue weighted by atomic mass is 10.1. The van der Waals surface area contributed by atoms with Gasteiger partial charge in [0, 0.05) is 17.3 Å². The van der Waals surface area contributed by atoms with Gasteiger partial charge in [0.2, 0.25) is 10.0 Å². The summed E-state index contributed by atoms with van der Waals surface area (Å²) >= 11 is 0. The molecule has 24 heavy (non-hydrogen) atoms. The minimum atomic E-state index is -3.29. The number of amides is 1. The molecule has 0 aliphatic heterocycles. The Morgan fingerprint density at radius 2 is 1.62 bits per heavy atom. The summed E-state index contributed by atoms with van der Waals surface area (Å²) in [5.41, 5.74) is 2.94. The fraction of sp³-hybridized carbons (Fsp3) is 0.278. The standard InChI is InChI=1S/C18H20N2O3S/c1-13-3-5-14(6-4-13)18(21)19-15-7-9-16(10-8-15)20(17-11-12-17)24(2,22)23/h3-10,17H,11-12H2,1-2H3,(H,19,21). The van der Waals surface area contributed by atoms with Gasteiger partial charge in [0.05, 0.1) is 11.9 Å². The third kappa shape index (κ3) is 3.76. The van der Waals surface area contributed by atoms with Crippen molar-refractivity contribution in [1.29, 1.82) is 0 Å². The van der Waals surface area contributed by atoms with Crippen molar-refractivity contribution >= 4 is 27.3 Å². The molecule has 1 N–H and O–H groups in total. The van der Waals surface area contributed by atoms with Crippen LogP contribution < -0.4 is 9.62 Å². The van der Waals surface area contributed by atoms with Crippen LogP contribution in [0.15, 0.2) is 48.5 Å². The van der Waals surface area contributed by atoms with Crippen LogP contribution in [0.2, 0.25) is 0 Å². The molecule has 0 heterocycles. The smallest absolute Gasteiger partial charge is 0.255 e. The molecule has 1 aliphatic carbocycles. The van der Waals surface area contributed by atoms with Crippen LogP contribution in [-0.4, -0.2) is 26.6 Å². The molecule has 2 aromatic carbocycles. The Kier molecular flexibility index (Phi) is 4.32. The summed E-state index contributed by atoms with van der Waals surface area (Å²) in [5, 5.41) is 2.82. The lowest BCUT2D eigenvalue weighted by Crippen LogP contribution is -2.31. The second-order valence-corrected chi connectivity index (χ2v) is 8.02. The molecule has 1 amide bonds. The Bertz CT molecular complexity index is 839. The Morgan fingerprint density at radius 3 is 2.12 bits per heavy atom. The Morgan fingerprint density at radius 1 is 1.04 bits per heavy atom. The predicted octanol–water partition coefficient (Wildman–Crippen LogP) is 3.18. The van der Waals surface area contributed by atoms with Gasteiger partial charge in [-0.15, -0.1) is 0 Å². The van der Waals surface area contributed by atoms with E-state index in [1.165, 1.54) is 10.6 Å². The van der Waals surface area contributed by atoms with Crippen LogP contribution in [0, 0.1) is 6.92 Å². The molecule has 0 unspecified atom stereocenters. The van der Waals surface area contributed by atoms with Gasteiger partial charge in [0.15, 0.2) is 0 Å². The highest BCUT2D eigenvalue weighted by Gasteiger charge is 2.35. The number of hydrogen-bond acceptors (Lipinski definition) is 3. The van der Waals surface area contributed by atoms with E-state index >= 15 is 0 Å². The lowest BCUT2D eigenvalue weighted by molar-refractivity contribution is 0.102. The minimum Gasteiger partial charge on any atom is -0.322 e. The van der Waals surface area contributed by atoms with Gasteiger partial charge in [0.1, 0.15) is 0 Å². The van der Waals surface area contributed by atoms with Crippen LogP contribution >= 0.6 is 0 Å². The van der Waals surface area contributed by atoms with E-state index in [9.17, 15) is 13.2 Å². The van der Waals surface area contributed by atoms with Crippen LogP contribution in [0.25, 0.3) is 0 Å². The topological polar surface area (TPSA) is 66.5 Å². The van der Waals surface area contributed by atoms with Crippen LogP contribution in [0.1, 0.15) is 28.8 Å². The van der Waals surface area contributed by atoms with Gasteiger partial charge in [-0.25, -0.2) is 8.42 Å². The largest absolute Gasteiger partial charge is 0.322 e. The fourth-order valence-corrected chi connectivity index (χ4v) is 3.84. The van der Waals surface area contributed by atoms with Crippen LogP contribution in [0.4, 0.5) is 11.4 Å². The molecule has 5 nitrogen and oxygen atoms in total. The molecule has 126 valence electrons. The predicted molar refractivity (Wildman–Crippen MR) is 95.9 cm³/mol. The first-order chi connectivity index (χ1) is 11.3. The maximum atomic E-state index is 12.2. The average molecular weight is 344 g/mol. The zero-order chi connectivity index (χ0) is 17.3. The number of nitrogens with one attached hydrogen (secondary N) is 1. The van der Waals surface area contributed by atoms with E-state index in [0.29, 0.717) is 16.9 Å². The Balaban J connectivity index is 1.74. The summed E-state index contributed by atoms with van der Waals surface area (Å²) in [4.78, 5) is 12.2. The van der Waals surface area contributed by atoms with Crippen LogP contribution in [-0.2, 0) is 10.0 Å². The average Bonchev–Trinajstić information content (AvgIpc) is 3.33. The number of aryl methyl sites for hydroxylation is 1. The molecular weight excluding hydrogens is 324 g/mol. The second-order valence-electron chi connectivity index (χ2n) is 6.16. The zero-order valence-corrected chi connectivity index (χ0v) is 14.5. The highest BCUT2D eigenvalue weighted by Crippen LogP contribution is 2.34. The van der Waals surface area contributed by atoms with Gasteiger partial charge >= 0.3 is 0 Å². The van der Waals surface area contributed by atoms with Crippen molar-refractivity contribution in [3.63, 3.8) is 0 Å². The van der Waals surface area contributed by atoms with E-state index in [-0.39, 0.29) is 11.9 Å². The summed E-state index contributed by atoms with van der Waals surface area (Å²) in [7, 11) is -3.29. The van der Waals surface area contributed by atoms with Crippen molar-refractivity contribution in [2.45, 2.75) is 25.8 Å². The number of carbonyl (C=O) groups excluding carboxylic acids is 1. The third-order valence-electron chi connectivity index (χ3n) is 3.93. The van der Waals surface area contributed by atoms with Crippen molar-refractivity contribution < 1.29 is 13.2 Å². The molecule has 0 spiro atoms. The maximum absolute atomic E-state index is 12.2. The summed E-state index contributed by atoms with van der Waals surface area (Å²) in [5.74, 6) is -0.190. The number of carbonyl (C=O) groups is 1. The van der Waals surface area contributed by atoms with Gasteiger partial charge in [-0.1, -0.05) is 17.7 Å². The maximum Gasteiger partial charge on any atom is 0.255 e. The van der Waals surface area contributed by atoms with Crippen molar-refractivity contribution in [1.82, 2.24) is 0 Å². The normalized spacial score (nSPS) is 14.2. The molecule has 0 saturated heterocycles. The van der Waals surface area contributed by atoms with Gasteiger partial charge < -0.3 is 5.32 Å². The number of hydrogen-bond donors (Lipinski definition) is 1. The molecule has 0 bridgehead atoms. The van der Waals surface area contributed by atoms with Crippen molar-refractivity contribution in [2.24, 2.45) is 0 Å². The van der Waals surface area contributed by atoms with E-state index in [1.807, 2.05) is 19.1 Å². The fourth-order valence-electron chi connectivity index (χ4n) is 2.58. The van der Waals surface area contributed by atoms with Crippen LogP contribution in [0.3, 0.4) is 0 Å². The van der Waals surface area contributed by atoms with Gasteiger partial charge in [-0.05, 0) is 56.2 Å². The van der Waals surface area contributed by atoms with E-state index in [4.69, 9.17) is 0 Å². The zero-order valence-electron chi connectivity index (χ0n) is 13.7. The SMILES string of the molecule is Cc1ccc(C(=O)Nc2ccc(N(C3CC3)S(C)(=O)=O)cc2)cc1.